The van der Waals surface area contributed by atoms with E-state index in [1.807, 2.05) is 0 Å². The first-order chi connectivity index (χ1) is 12.0. The number of amidine groups is 1. The number of carbonyl (C=O) groups is 2. The number of carboxylic acid groups (broad SMARTS) is 2. The lowest BCUT2D eigenvalue weighted by molar-refractivity contribution is -0.134. The zero-order valence-corrected chi connectivity index (χ0v) is 14.1. The van der Waals surface area contributed by atoms with Crippen LogP contribution in [0.3, 0.4) is 0 Å². The minimum atomic E-state index is -1.26. The monoisotopic (exact) mass is 346 g/mol. The van der Waals surface area contributed by atoms with Gasteiger partial charge in [-0.25, -0.2) is 9.59 Å². The summed E-state index contributed by atoms with van der Waals surface area (Å²) < 4.78 is 5.89. The number of fused-ring (bicyclic) bond motifs is 1. The standard InChI is InChI=1S/C14H18N2O.C4H4O4/c1-2-10-4-3-5-12-11(10)6-9-17-13(12)14-15-7-8-16-14;5-3(6)1-2-4(7)8/h3-5,13H,2,6-9H2,1H3,(H,15,16);1-2H,(H,5,6)(H,7,8)/b;2-1+. The first-order valence-corrected chi connectivity index (χ1v) is 8.17. The summed E-state index contributed by atoms with van der Waals surface area (Å²) in [6.45, 7) is 4.83. The normalized spacial score (nSPS) is 18.6. The first-order valence-electron chi connectivity index (χ1n) is 8.17. The second kappa shape index (κ2) is 8.98. The van der Waals surface area contributed by atoms with Gasteiger partial charge in [0.2, 0.25) is 0 Å². The molecule has 2 heterocycles. The number of rotatable bonds is 4. The lowest BCUT2D eigenvalue weighted by Gasteiger charge is -2.27. The molecule has 3 rings (SSSR count). The van der Waals surface area contributed by atoms with Crippen LogP contribution in [0, 0.1) is 0 Å². The molecule has 1 unspecified atom stereocenters. The van der Waals surface area contributed by atoms with E-state index in [1.54, 1.807) is 0 Å². The molecule has 0 fully saturated rings. The Balaban J connectivity index is 0.000000242. The Hall–Kier alpha value is -2.67. The van der Waals surface area contributed by atoms with Gasteiger partial charge in [0, 0.05) is 18.7 Å². The van der Waals surface area contributed by atoms with Crippen molar-refractivity contribution in [1.29, 1.82) is 0 Å². The molecule has 0 bridgehead atoms. The van der Waals surface area contributed by atoms with Gasteiger partial charge in [-0.15, -0.1) is 0 Å². The van der Waals surface area contributed by atoms with E-state index < -0.39 is 11.9 Å². The molecule has 2 aliphatic heterocycles. The predicted molar refractivity (Wildman–Crippen MR) is 92.9 cm³/mol. The first kappa shape index (κ1) is 18.7. The molecule has 0 amide bonds. The van der Waals surface area contributed by atoms with Crippen LogP contribution in [-0.2, 0) is 27.2 Å². The van der Waals surface area contributed by atoms with Crippen LogP contribution < -0.4 is 5.32 Å². The van der Waals surface area contributed by atoms with Crippen LogP contribution in [0.2, 0.25) is 0 Å². The molecule has 1 aromatic carbocycles. The van der Waals surface area contributed by atoms with Crippen molar-refractivity contribution in [3.8, 4) is 0 Å². The summed E-state index contributed by atoms with van der Waals surface area (Å²) in [6.07, 6.45) is 3.27. The number of nitrogens with one attached hydrogen (secondary N) is 1. The van der Waals surface area contributed by atoms with Gasteiger partial charge in [-0.05, 0) is 29.5 Å². The van der Waals surface area contributed by atoms with Gasteiger partial charge < -0.3 is 20.3 Å². The van der Waals surface area contributed by atoms with Gasteiger partial charge in [-0.2, -0.15) is 0 Å². The van der Waals surface area contributed by atoms with Crippen LogP contribution in [0.5, 0.6) is 0 Å². The molecular formula is C18H22N2O5. The summed E-state index contributed by atoms with van der Waals surface area (Å²) >= 11 is 0. The van der Waals surface area contributed by atoms with Crippen molar-refractivity contribution in [3.05, 3.63) is 47.0 Å². The SMILES string of the molecule is CCc1cccc2c1CCOC2C1=NCCN1.O=C(O)/C=C/C(=O)O. The Morgan fingerprint density at radius 1 is 1.32 bits per heavy atom. The van der Waals surface area contributed by atoms with Crippen molar-refractivity contribution >= 4 is 17.8 Å². The van der Waals surface area contributed by atoms with E-state index in [2.05, 4.69) is 35.4 Å². The van der Waals surface area contributed by atoms with Crippen molar-refractivity contribution in [2.24, 2.45) is 4.99 Å². The number of aryl methyl sites for hydroxylation is 1. The van der Waals surface area contributed by atoms with Gasteiger partial charge in [-0.1, -0.05) is 25.1 Å². The quantitative estimate of drug-likeness (QED) is 0.714. The molecule has 0 aliphatic carbocycles. The maximum Gasteiger partial charge on any atom is 0.328 e. The molecule has 25 heavy (non-hydrogen) atoms. The van der Waals surface area contributed by atoms with E-state index in [1.165, 1.54) is 16.7 Å². The Morgan fingerprint density at radius 2 is 2.04 bits per heavy atom. The topological polar surface area (TPSA) is 108 Å². The van der Waals surface area contributed by atoms with Crippen molar-refractivity contribution in [2.45, 2.75) is 25.9 Å². The van der Waals surface area contributed by atoms with E-state index >= 15 is 0 Å². The second-order valence-corrected chi connectivity index (χ2v) is 5.54. The molecule has 7 nitrogen and oxygen atoms in total. The summed E-state index contributed by atoms with van der Waals surface area (Å²) in [5, 5.41) is 19.0. The van der Waals surface area contributed by atoms with Crippen LogP contribution in [0.25, 0.3) is 0 Å². The van der Waals surface area contributed by atoms with Gasteiger partial charge in [0.1, 0.15) is 11.9 Å². The number of aliphatic imine (C=N–C) groups is 1. The highest BCUT2D eigenvalue weighted by Crippen LogP contribution is 2.30. The predicted octanol–water partition coefficient (Wildman–Crippen LogP) is 1.58. The van der Waals surface area contributed by atoms with Crippen molar-refractivity contribution in [1.82, 2.24) is 5.32 Å². The molecule has 134 valence electrons. The summed E-state index contributed by atoms with van der Waals surface area (Å²) in [7, 11) is 0. The fraction of sp³-hybridized carbons (Fsp3) is 0.389. The molecule has 7 heteroatoms. The summed E-state index contributed by atoms with van der Waals surface area (Å²) in [6, 6.07) is 6.54. The minimum absolute atomic E-state index is 0.0350. The third kappa shape index (κ3) is 5.15. The van der Waals surface area contributed by atoms with E-state index in [-0.39, 0.29) is 6.10 Å². The number of benzene rings is 1. The fourth-order valence-corrected chi connectivity index (χ4v) is 2.87. The number of ether oxygens (including phenoxy) is 1. The summed E-state index contributed by atoms with van der Waals surface area (Å²) in [4.78, 5) is 23.6. The average Bonchev–Trinajstić information content (AvgIpc) is 3.14. The molecule has 0 radical (unpaired) electrons. The number of hydrogen-bond donors (Lipinski definition) is 3. The molecule has 0 saturated carbocycles. The third-order valence-electron chi connectivity index (χ3n) is 3.93. The Bertz CT molecular complexity index is 681. The van der Waals surface area contributed by atoms with Gasteiger partial charge >= 0.3 is 11.9 Å². The fourth-order valence-electron chi connectivity index (χ4n) is 2.87. The van der Waals surface area contributed by atoms with E-state index in [0.717, 1.165) is 38.4 Å². The molecule has 1 atom stereocenters. The number of carboxylic acids is 2. The molecule has 2 aliphatic rings. The van der Waals surface area contributed by atoms with Crippen molar-refractivity contribution in [2.75, 3.05) is 19.7 Å². The molecule has 0 spiro atoms. The lowest BCUT2D eigenvalue weighted by Crippen LogP contribution is -2.31. The highest BCUT2D eigenvalue weighted by atomic mass is 16.5. The van der Waals surface area contributed by atoms with Crippen LogP contribution in [0.4, 0.5) is 0 Å². The highest BCUT2D eigenvalue weighted by molar-refractivity contribution is 5.90. The smallest absolute Gasteiger partial charge is 0.328 e. The van der Waals surface area contributed by atoms with Gasteiger partial charge in [0.25, 0.3) is 0 Å². The van der Waals surface area contributed by atoms with E-state index in [9.17, 15) is 9.59 Å². The number of hydrogen-bond acceptors (Lipinski definition) is 5. The van der Waals surface area contributed by atoms with Crippen LogP contribution in [0.1, 0.15) is 29.7 Å². The number of aliphatic carboxylic acids is 2. The van der Waals surface area contributed by atoms with Crippen LogP contribution >= 0.6 is 0 Å². The maximum atomic E-state index is 9.55. The van der Waals surface area contributed by atoms with E-state index in [0.29, 0.717) is 12.2 Å². The molecular weight excluding hydrogens is 324 g/mol. The Kier molecular flexibility index (Phi) is 6.71. The van der Waals surface area contributed by atoms with Crippen molar-refractivity contribution < 1.29 is 24.5 Å². The Morgan fingerprint density at radius 3 is 2.60 bits per heavy atom. The second-order valence-electron chi connectivity index (χ2n) is 5.54. The summed E-state index contributed by atoms with van der Waals surface area (Å²) in [5.74, 6) is -1.50. The number of nitrogens with zero attached hydrogens (tertiary/aromatic N) is 1. The summed E-state index contributed by atoms with van der Waals surface area (Å²) in [5.41, 5.74) is 4.24. The highest BCUT2D eigenvalue weighted by Gasteiger charge is 2.27. The molecule has 1 aromatic rings. The molecule has 0 saturated heterocycles. The van der Waals surface area contributed by atoms with Crippen LogP contribution in [-0.4, -0.2) is 47.7 Å². The van der Waals surface area contributed by atoms with Gasteiger partial charge in [-0.3, -0.25) is 4.99 Å². The lowest BCUT2D eigenvalue weighted by atomic mass is 9.91. The van der Waals surface area contributed by atoms with Gasteiger partial charge in [0.15, 0.2) is 0 Å². The molecule has 0 aromatic heterocycles. The Labute approximate surface area is 146 Å². The largest absolute Gasteiger partial charge is 0.478 e. The van der Waals surface area contributed by atoms with Crippen LogP contribution in [0.15, 0.2) is 35.3 Å². The van der Waals surface area contributed by atoms with E-state index in [4.69, 9.17) is 14.9 Å². The minimum Gasteiger partial charge on any atom is -0.478 e. The zero-order valence-electron chi connectivity index (χ0n) is 14.1. The van der Waals surface area contributed by atoms with Crippen molar-refractivity contribution in [3.63, 3.8) is 0 Å². The molecule has 3 N–H and O–H groups in total. The van der Waals surface area contributed by atoms with Gasteiger partial charge in [0.05, 0.1) is 13.2 Å². The zero-order chi connectivity index (χ0) is 18.2. The average molecular weight is 346 g/mol. The third-order valence-corrected chi connectivity index (χ3v) is 3.93. The maximum absolute atomic E-state index is 9.55.